The molecule has 0 atom stereocenters. The van der Waals surface area contributed by atoms with E-state index in [0.717, 1.165) is 64.6 Å². The molecule has 7 heteroatoms. The Morgan fingerprint density at radius 2 is 2.00 bits per heavy atom. The molecule has 142 valence electrons. The molecule has 0 fully saturated rings. The van der Waals surface area contributed by atoms with Crippen LogP contribution in [0.1, 0.15) is 49.6 Å². The summed E-state index contributed by atoms with van der Waals surface area (Å²) >= 11 is 11.0. The fourth-order valence-corrected chi connectivity index (χ4v) is 4.54. The van der Waals surface area contributed by atoms with Crippen LogP contribution in [0, 0.1) is 6.92 Å². The average Bonchev–Trinajstić information content (AvgIpc) is 3.27. The van der Waals surface area contributed by atoms with Crippen molar-refractivity contribution in [3.8, 4) is 0 Å². The van der Waals surface area contributed by atoms with E-state index >= 15 is 0 Å². The van der Waals surface area contributed by atoms with E-state index in [9.17, 15) is 0 Å². The molecule has 1 aromatic carbocycles. The van der Waals surface area contributed by atoms with Gasteiger partial charge in [-0.3, -0.25) is 0 Å². The van der Waals surface area contributed by atoms with Gasteiger partial charge in [-0.25, -0.2) is 9.67 Å². The van der Waals surface area contributed by atoms with E-state index in [1.54, 1.807) is 0 Å². The summed E-state index contributed by atoms with van der Waals surface area (Å²) in [6.45, 7) is 7.24. The summed E-state index contributed by atoms with van der Waals surface area (Å²) in [6, 6.07) is 6.62. The van der Waals surface area contributed by atoms with Gasteiger partial charge in [-0.05, 0) is 49.4 Å². The van der Waals surface area contributed by atoms with Gasteiger partial charge in [0, 0.05) is 18.0 Å². The topological polar surface area (TPSA) is 46.8 Å². The first-order valence-electron chi connectivity index (χ1n) is 9.49. The molecular formula is C20H24ClN5S. The van der Waals surface area contributed by atoms with Crippen LogP contribution in [0.25, 0.3) is 11.0 Å². The van der Waals surface area contributed by atoms with Crippen LogP contribution >= 0.6 is 24.2 Å². The van der Waals surface area contributed by atoms with Gasteiger partial charge in [0.1, 0.15) is 0 Å². The second kappa shape index (κ2) is 7.32. The number of hydrogen-bond donors (Lipinski definition) is 1. The molecule has 0 radical (unpaired) electrons. The number of rotatable bonds is 5. The van der Waals surface area contributed by atoms with E-state index < -0.39 is 0 Å². The molecule has 4 rings (SSSR count). The second-order valence-electron chi connectivity index (χ2n) is 7.10. The fraction of sp³-hybridized carbons (Fsp3) is 0.450. The normalized spacial score (nSPS) is 13.8. The first-order chi connectivity index (χ1) is 13.1. The Morgan fingerprint density at radius 1 is 1.22 bits per heavy atom. The number of thiol groups is 1. The Labute approximate surface area is 170 Å². The molecule has 0 amide bonds. The van der Waals surface area contributed by atoms with Gasteiger partial charge in [0.15, 0.2) is 11.3 Å². The van der Waals surface area contributed by atoms with Gasteiger partial charge >= 0.3 is 0 Å². The van der Waals surface area contributed by atoms with Crippen LogP contribution in [0.5, 0.6) is 0 Å². The van der Waals surface area contributed by atoms with Crippen molar-refractivity contribution in [2.24, 2.45) is 0 Å². The number of pyridine rings is 1. The van der Waals surface area contributed by atoms with E-state index in [0.29, 0.717) is 11.8 Å². The average molecular weight is 402 g/mol. The van der Waals surface area contributed by atoms with Gasteiger partial charge < -0.3 is 4.90 Å². The van der Waals surface area contributed by atoms with E-state index in [-0.39, 0.29) is 0 Å². The number of halogens is 1. The molecule has 0 N–H and O–H groups in total. The third kappa shape index (κ3) is 3.09. The summed E-state index contributed by atoms with van der Waals surface area (Å²) < 4.78 is 2.05. The van der Waals surface area contributed by atoms with Gasteiger partial charge in [-0.15, -0.1) is 5.10 Å². The molecule has 0 bridgehead atoms. The summed E-state index contributed by atoms with van der Waals surface area (Å²) in [5, 5.41) is 9.73. The van der Waals surface area contributed by atoms with Gasteiger partial charge in [0.05, 0.1) is 22.3 Å². The zero-order chi connectivity index (χ0) is 19.1. The first-order valence-corrected chi connectivity index (χ1v) is 10.5. The van der Waals surface area contributed by atoms with Gasteiger partial charge in [0.25, 0.3) is 0 Å². The number of nitrogens with zero attached hydrogens (tertiary/aromatic N) is 5. The largest absolute Gasteiger partial charge is 0.323 e. The molecule has 5 nitrogen and oxygen atoms in total. The van der Waals surface area contributed by atoms with Crippen molar-refractivity contribution in [1.82, 2.24) is 20.0 Å². The molecule has 3 aromatic rings. The van der Waals surface area contributed by atoms with Crippen LogP contribution in [-0.2, 0) is 12.2 Å². The highest BCUT2D eigenvalue weighted by Gasteiger charge is 2.28. The third-order valence-electron chi connectivity index (χ3n) is 5.37. The maximum atomic E-state index is 6.65. The second-order valence-corrected chi connectivity index (χ2v) is 7.83. The molecule has 0 saturated heterocycles. The predicted molar refractivity (Wildman–Crippen MR) is 115 cm³/mol. The first kappa shape index (κ1) is 18.6. The van der Waals surface area contributed by atoms with Crippen molar-refractivity contribution in [2.45, 2.75) is 51.8 Å². The number of aromatic nitrogens is 4. The van der Waals surface area contributed by atoms with Crippen molar-refractivity contribution >= 4 is 46.8 Å². The zero-order valence-electron chi connectivity index (χ0n) is 15.9. The molecule has 1 aliphatic rings. The zero-order valence-corrected chi connectivity index (χ0v) is 17.6. The minimum absolute atomic E-state index is 0.344. The maximum absolute atomic E-state index is 6.65. The summed E-state index contributed by atoms with van der Waals surface area (Å²) in [6.07, 6.45) is 2.99. The van der Waals surface area contributed by atoms with Crippen LogP contribution in [0.4, 0.5) is 11.5 Å². The Bertz CT molecular complexity index is 996. The minimum atomic E-state index is 0.344. The van der Waals surface area contributed by atoms with Gasteiger partial charge in [0.2, 0.25) is 0 Å². The summed E-state index contributed by atoms with van der Waals surface area (Å²) in [5.41, 5.74) is 6.28. The van der Waals surface area contributed by atoms with E-state index in [1.165, 1.54) is 5.56 Å². The van der Waals surface area contributed by atoms with Crippen LogP contribution in [-0.4, -0.2) is 26.5 Å². The lowest BCUT2D eigenvalue weighted by atomic mass is 10.1. The summed E-state index contributed by atoms with van der Waals surface area (Å²) in [4.78, 5) is 7.02. The smallest absolute Gasteiger partial charge is 0.163 e. The van der Waals surface area contributed by atoms with E-state index in [2.05, 4.69) is 58.5 Å². The van der Waals surface area contributed by atoms with E-state index in [1.807, 2.05) is 13.0 Å². The molecule has 2 aromatic heterocycles. The van der Waals surface area contributed by atoms with Crippen molar-refractivity contribution in [3.63, 3.8) is 0 Å². The number of aryl methyl sites for hydroxylation is 1. The van der Waals surface area contributed by atoms with Crippen LogP contribution in [0.2, 0.25) is 5.02 Å². The van der Waals surface area contributed by atoms with Crippen molar-refractivity contribution < 1.29 is 0 Å². The molecule has 0 aliphatic carbocycles. The SMILES string of the molecule is CCC(CC)n1nnc2c(N3CCc4cc(CS)cc(Cl)c43)nc(C)cc21. The molecular weight excluding hydrogens is 378 g/mol. The van der Waals surface area contributed by atoms with Crippen LogP contribution in [0.3, 0.4) is 0 Å². The summed E-state index contributed by atoms with van der Waals surface area (Å²) in [5.74, 6) is 1.53. The summed E-state index contributed by atoms with van der Waals surface area (Å²) in [7, 11) is 0. The molecule has 0 saturated carbocycles. The van der Waals surface area contributed by atoms with Crippen molar-refractivity contribution in [2.75, 3.05) is 11.4 Å². The Balaban J connectivity index is 1.88. The highest BCUT2D eigenvalue weighted by molar-refractivity contribution is 7.79. The lowest BCUT2D eigenvalue weighted by molar-refractivity contribution is 0.430. The maximum Gasteiger partial charge on any atom is 0.163 e. The Hall–Kier alpha value is -1.79. The van der Waals surface area contributed by atoms with Crippen molar-refractivity contribution in [1.29, 1.82) is 0 Å². The number of fused-ring (bicyclic) bond motifs is 2. The number of anilines is 2. The molecule has 0 unspecified atom stereocenters. The van der Waals surface area contributed by atoms with E-state index in [4.69, 9.17) is 16.6 Å². The fourth-order valence-electron chi connectivity index (χ4n) is 4.00. The van der Waals surface area contributed by atoms with Crippen LogP contribution < -0.4 is 4.90 Å². The molecule has 1 aliphatic heterocycles. The number of benzene rings is 1. The predicted octanol–water partition coefficient (Wildman–Crippen LogP) is 5.27. The minimum Gasteiger partial charge on any atom is -0.323 e. The van der Waals surface area contributed by atoms with Gasteiger partial charge in [-0.2, -0.15) is 12.6 Å². The molecule has 0 spiro atoms. The lowest BCUT2D eigenvalue weighted by Crippen LogP contribution is -2.16. The Morgan fingerprint density at radius 3 is 2.70 bits per heavy atom. The molecule has 3 heterocycles. The monoisotopic (exact) mass is 401 g/mol. The Kier molecular flexibility index (Phi) is 5.03. The highest BCUT2D eigenvalue weighted by Crippen LogP contribution is 2.42. The van der Waals surface area contributed by atoms with Crippen LogP contribution in [0.15, 0.2) is 18.2 Å². The standard InChI is InChI=1S/C20H24ClN5S/c1-4-15(5-2)26-17-8-12(3)22-20(18(17)23-24-26)25-7-6-14-9-13(11-27)10-16(21)19(14)25/h8-10,15,27H,4-7,11H2,1-3H3. The third-order valence-corrected chi connectivity index (χ3v) is 6.03. The highest BCUT2D eigenvalue weighted by atomic mass is 35.5. The van der Waals surface area contributed by atoms with Crippen molar-refractivity contribution in [3.05, 3.63) is 40.0 Å². The lowest BCUT2D eigenvalue weighted by Gasteiger charge is -2.21. The number of hydrogen-bond acceptors (Lipinski definition) is 5. The quantitative estimate of drug-likeness (QED) is 0.591. The van der Waals surface area contributed by atoms with Gasteiger partial charge in [-0.1, -0.05) is 36.7 Å². The molecule has 27 heavy (non-hydrogen) atoms.